The van der Waals surface area contributed by atoms with Crippen molar-refractivity contribution in [2.24, 2.45) is 5.41 Å². The summed E-state index contributed by atoms with van der Waals surface area (Å²) in [5.41, 5.74) is -0.669. The number of carbonyl (C=O) groups excluding carboxylic acids is 2. The summed E-state index contributed by atoms with van der Waals surface area (Å²) in [7, 11) is 3.29. The Kier molecular flexibility index (Phi) is 10.9. The molecule has 24 heavy (non-hydrogen) atoms. The summed E-state index contributed by atoms with van der Waals surface area (Å²) in [6, 6.07) is 0. The summed E-state index contributed by atoms with van der Waals surface area (Å²) in [6.07, 6.45) is 3.48. The molecule has 142 valence electrons. The van der Waals surface area contributed by atoms with Crippen LogP contribution in [-0.2, 0) is 19.1 Å². The van der Waals surface area contributed by atoms with Crippen LogP contribution in [0.5, 0.6) is 0 Å². The zero-order valence-electron chi connectivity index (χ0n) is 16.3. The van der Waals surface area contributed by atoms with Crippen LogP contribution >= 0.6 is 0 Å². The van der Waals surface area contributed by atoms with Crippen molar-refractivity contribution in [3.8, 4) is 0 Å². The minimum absolute atomic E-state index is 0.0162. The van der Waals surface area contributed by atoms with E-state index in [4.69, 9.17) is 9.47 Å². The van der Waals surface area contributed by atoms with Crippen molar-refractivity contribution in [1.29, 1.82) is 0 Å². The molecule has 0 fully saturated rings. The Morgan fingerprint density at radius 3 is 2.08 bits per heavy atom. The maximum Gasteiger partial charge on any atom is 0.225 e. The van der Waals surface area contributed by atoms with Crippen molar-refractivity contribution < 1.29 is 19.1 Å². The molecule has 0 radical (unpaired) electrons. The van der Waals surface area contributed by atoms with Crippen molar-refractivity contribution in [2.75, 3.05) is 33.9 Å². The maximum absolute atomic E-state index is 12.0. The first-order valence-electron chi connectivity index (χ1n) is 8.91. The van der Waals surface area contributed by atoms with E-state index in [2.05, 4.69) is 24.5 Å². The molecule has 0 aliphatic rings. The van der Waals surface area contributed by atoms with Crippen LogP contribution in [0.4, 0.5) is 0 Å². The summed E-state index contributed by atoms with van der Waals surface area (Å²) in [5.74, 6) is 0.0434. The van der Waals surface area contributed by atoms with E-state index in [0.717, 1.165) is 19.3 Å². The highest BCUT2D eigenvalue weighted by Gasteiger charge is 2.31. The van der Waals surface area contributed by atoms with Gasteiger partial charge in [0.2, 0.25) is 11.8 Å². The second-order valence-corrected chi connectivity index (χ2v) is 6.68. The van der Waals surface area contributed by atoms with Crippen LogP contribution in [0.3, 0.4) is 0 Å². The molecule has 2 N–H and O–H groups in total. The fraction of sp³-hybridized carbons (Fsp3) is 0.889. The zero-order valence-corrected chi connectivity index (χ0v) is 16.3. The molecule has 2 amide bonds. The lowest BCUT2D eigenvalue weighted by Crippen LogP contribution is -2.38. The zero-order chi connectivity index (χ0) is 18.6. The smallest absolute Gasteiger partial charge is 0.225 e. The topological polar surface area (TPSA) is 76.7 Å². The summed E-state index contributed by atoms with van der Waals surface area (Å²) in [4.78, 5) is 23.1. The van der Waals surface area contributed by atoms with Gasteiger partial charge in [-0.15, -0.1) is 0 Å². The summed E-state index contributed by atoms with van der Waals surface area (Å²) < 4.78 is 11.6. The minimum atomic E-state index is -0.395. The van der Waals surface area contributed by atoms with Crippen LogP contribution in [0.25, 0.3) is 0 Å². The van der Waals surface area contributed by atoms with E-state index in [0.29, 0.717) is 32.7 Å². The molecule has 0 rings (SSSR count). The van der Waals surface area contributed by atoms with Gasteiger partial charge in [0.1, 0.15) is 0 Å². The highest BCUT2D eigenvalue weighted by Crippen LogP contribution is 2.28. The number of carbonyl (C=O) groups is 2. The van der Waals surface area contributed by atoms with Gasteiger partial charge >= 0.3 is 0 Å². The van der Waals surface area contributed by atoms with E-state index in [1.165, 1.54) is 0 Å². The molecule has 2 atom stereocenters. The Hall–Kier alpha value is -1.14. The Bertz CT molecular complexity index is 389. The molecule has 6 nitrogen and oxygen atoms in total. The molecule has 0 aliphatic carbocycles. The van der Waals surface area contributed by atoms with E-state index < -0.39 is 5.41 Å². The van der Waals surface area contributed by atoms with E-state index in [9.17, 15) is 9.59 Å². The molecule has 6 heteroatoms. The van der Waals surface area contributed by atoms with Crippen molar-refractivity contribution in [1.82, 2.24) is 10.6 Å². The minimum Gasteiger partial charge on any atom is -0.381 e. The summed E-state index contributed by atoms with van der Waals surface area (Å²) in [5, 5.41) is 5.30. The first-order valence-corrected chi connectivity index (χ1v) is 8.91. The van der Waals surface area contributed by atoms with Gasteiger partial charge in [0, 0.05) is 39.1 Å². The lowest BCUT2D eigenvalue weighted by atomic mass is 9.83. The van der Waals surface area contributed by atoms with Gasteiger partial charge < -0.3 is 20.1 Å². The number of hydrogen-bond acceptors (Lipinski definition) is 4. The molecular weight excluding hydrogens is 308 g/mol. The van der Waals surface area contributed by atoms with Crippen LogP contribution in [0.1, 0.15) is 59.8 Å². The molecule has 2 unspecified atom stereocenters. The highest BCUT2D eigenvalue weighted by atomic mass is 16.5. The van der Waals surface area contributed by atoms with Crippen LogP contribution in [0.15, 0.2) is 0 Å². The Morgan fingerprint density at radius 2 is 1.58 bits per heavy atom. The number of rotatable bonds is 13. The lowest BCUT2D eigenvalue weighted by molar-refractivity contribution is -0.133. The van der Waals surface area contributed by atoms with Crippen LogP contribution in [-0.4, -0.2) is 51.3 Å². The van der Waals surface area contributed by atoms with Gasteiger partial charge in [-0.05, 0) is 32.6 Å². The average molecular weight is 344 g/mol. The number of nitrogens with one attached hydrogen (secondary N) is 2. The van der Waals surface area contributed by atoms with Gasteiger partial charge in [0.05, 0.1) is 12.2 Å². The lowest BCUT2D eigenvalue weighted by Gasteiger charge is -2.32. The van der Waals surface area contributed by atoms with Crippen LogP contribution in [0, 0.1) is 5.41 Å². The number of ether oxygens (including phenoxy) is 2. The quantitative estimate of drug-likeness (QED) is 0.503. The largest absolute Gasteiger partial charge is 0.381 e. The molecule has 0 aromatic rings. The summed E-state index contributed by atoms with van der Waals surface area (Å²) >= 11 is 0. The molecule has 0 aromatic carbocycles. The maximum atomic E-state index is 12.0. The van der Waals surface area contributed by atoms with E-state index >= 15 is 0 Å². The van der Waals surface area contributed by atoms with E-state index in [-0.39, 0.29) is 17.4 Å². The molecule has 0 aromatic heterocycles. The van der Waals surface area contributed by atoms with Crippen LogP contribution < -0.4 is 10.6 Å². The van der Waals surface area contributed by atoms with Gasteiger partial charge in [-0.1, -0.05) is 20.8 Å². The normalized spacial score (nSPS) is 16.1. The SMILES string of the molecule is CCC(C)(CCOCCC(=O)NC)OCCC(C)(CC)C(=O)NC. The number of hydrogen-bond donors (Lipinski definition) is 2. The van der Waals surface area contributed by atoms with Crippen molar-refractivity contribution in [3.05, 3.63) is 0 Å². The van der Waals surface area contributed by atoms with Crippen molar-refractivity contribution in [3.63, 3.8) is 0 Å². The van der Waals surface area contributed by atoms with Crippen molar-refractivity contribution in [2.45, 2.75) is 65.4 Å². The average Bonchev–Trinajstić information content (AvgIpc) is 2.60. The fourth-order valence-electron chi connectivity index (χ4n) is 2.31. The van der Waals surface area contributed by atoms with Gasteiger partial charge in [-0.2, -0.15) is 0 Å². The van der Waals surface area contributed by atoms with Gasteiger partial charge in [0.15, 0.2) is 0 Å². The van der Waals surface area contributed by atoms with E-state index in [1.54, 1.807) is 14.1 Å². The van der Waals surface area contributed by atoms with Gasteiger partial charge in [-0.3, -0.25) is 9.59 Å². The molecular formula is C18H36N2O4. The monoisotopic (exact) mass is 344 g/mol. The third-order valence-electron chi connectivity index (χ3n) is 4.94. The Morgan fingerprint density at radius 1 is 0.917 bits per heavy atom. The third kappa shape index (κ3) is 8.11. The van der Waals surface area contributed by atoms with E-state index in [1.807, 2.05) is 13.8 Å². The molecule has 0 aliphatic heterocycles. The standard InChI is InChI=1S/C18H36N2O4/c1-7-17(3,16(22)20-6)10-14-24-18(4,8-2)11-13-23-12-9-15(21)19-5/h7-14H2,1-6H3,(H,19,21)(H,20,22). The second-order valence-electron chi connectivity index (χ2n) is 6.68. The first-order chi connectivity index (χ1) is 11.3. The molecule has 0 bridgehead atoms. The molecule has 0 spiro atoms. The van der Waals surface area contributed by atoms with Gasteiger partial charge in [-0.25, -0.2) is 0 Å². The predicted molar refractivity (Wildman–Crippen MR) is 95.8 cm³/mol. The molecule has 0 heterocycles. The molecule has 0 saturated heterocycles. The van der Waals surface area contributed by atoms with Crippen molar-refractivity contribution >= 4 is 11.8 Å². The second kappa shape index (κ2) is 11.4. The third-order valence-corrected chi connectivity index (χ3v) is 4.94. The number of amides is 2. The highest BCUT2D eigenvalue weighted by molar-refractivity contribution is 5.81. The Balaban J connectivity index is 4.22. The first kappa shape index (κ1) is 22.9. The predicted octanol–water partition coefficient (Wildman–Crippen LogP) is 2.27. The fourth-order valence-corrected chi connectivity index (χ4v) is 2.31. The summed E-state index contributed by atoms with van der Waals surface area (Å²) in [6.45, 7) is 9.67. The molecule has 0 saturated carbocycles. The van der Waals surface area contributed by atoms with Crippen LogP contribution in [0.2, 0.25) is 0 Å². The Labute approximate surface area is 147 Å². The van der Waals surface area contributed by atoms with Gasteiger partial charge in [0.25, 0.3) is 0 Å².